The zero-order valence-corrected chi connectivity index (χ0v) is 16.5. The van der Waals surface area contributed by atoms with Crippen LogP contribution >= 0.6 is 0 Å². The SMILES string of the molecule is COc1ccc(C(=O)N(CC(=O)O)CC(C)C)cc1S(=O)(=O)NC(C)C. The Bertz CT molecular complexity index is 759. The molecule has 0 radical (unpaired) electrons. The largest absolute Gasteiger partial charge is 0.495 e. The van der Waals surface area contributed by atoms with Crippen LogP contribution in [0, 0.1) is 5.92 Å². The number of sulfonamides is 1. The molecule has 0 aromatic heterocycles. The molecule has 1 aromatic rings. The van der Waals surface area contributed by atoms with Crippen LogP contribution in [0.5, 0.6) is 5.75 Å². The molecule has 0 atom stereocenters. The number of aliphatic carboxylic acids is 1. The third-order valence-electron chi connectivity index (χ3n) is 3.29. The highest BCUT2D eigenvalue weighted by Gasteiger charge is 2.25. The minimum Gasteiger partial charge on any atom is -0.495 e. The highest BCUT2D eigenvalue weighted by Crippen LogP contribution is 2.26. The minimum atomic E-state index is -3.89. The average molecular weight is 386 g/mol. The summed E-state index contributed by atoms with van der Waals surface area (Å²) in [5, 5.41) is 9.04. The molecule has 1 amide bonds. The van der Waals surface area contributed by atoms with Crippen molar-refractivity contribution in [2.45, 2.75) is 38.6 Å². The van der Waals surface area contributed by atoms with Gasteiger partial charge in [0.05, 0.1) is 7.11 Å². The minimum absolute atomic E-state index is 0.0577. The molecule has 0 heterocycles. The lowest BCUT2D eigenvalue weighted by Gasteiger charge is -2.23. The maximum Gasteiger partial charge on any atom is 0.323 e. The molecule has 2 N–H and O–H groups in total. The van der Waals surface area contributed by atoms with Gasteiger partial charge in [-0.3, -0.25) is 9.59 Å². The summed E-state index contributed by atoms with van der Waals surface area (Å²) in [6.07, 6.45) is 0. The van der Waals surface area contributed by atoms with E-state index in [4.69, 9.17) is 9.84 Å². The van der Waals surface area contributed by atoms with Gasteiger partial charge in [-0.2, -0.15) is 0 Å². The van der Waals surface area contributed by atoms with Crippen molar-refractivity contribution in [2.75, 3.05) is 20.2 Å². The Hall–Kier alpha value is -2.13. The normalized spacial score (nSPS) is 11.7. The summed E-state index contributed by atoms with van der Waals surface area (Å²) in [7, 11) is -2.56. The molecule has 0 aliphatic rings. The van der Waals surface area contributed by atoms with E-state index >= 15 is 0 Å². The molecule has 0 fully saturated rings. The smallest absolute Gasteiger partial charge is 0.323 e. The van der Waals surface area contributed by atoms with Crippen molar-refractivity contribution in [1.82, 2.24) is 9.62 Å². The number of carboxylic acids is 1. The van der Waals surface area contributed by atoms with Crippen LogP contribution in [0.4, 0.5) is 0 Å². The molecule has 1 rings (SSSR count). The molecule has 0 aliphatic heterocycles. The number of carbonyl (C=O) groups is 2. The van der Waals surface area contributed by atoms with Crippen LogP contribution in [-0.4, -0.2) is 56.5 Å². The van der Waals surface area contributed by atoms with E-state index < -0.39 is 28.4 Å². The second-order valence-corrected chi connectivity index (χ2v) is 8.30. The molecule has 0 spiro atoms. The van der Waals surface area contributed by atoms with E-state index in [2.05, 4.69) is 4.72 Å². The Labute approximate surface area is 154 Å². The zero-order chi connectivity index (χ0) is 20.1. The molecule has 9 heteroatoms. The first-order valence-electron chi connectivity index (χ1n) is 8.19. The number of carbonyl (C=O) groups excluding carboxylic acids is 1. The molecule has 0 bridgehead atoms. The van der Waals surface area contributed by atoms with Crippen molar-refractivity contribution < 1.29 is 27.9 Å². The van der Waals surface area contributed by atoms with Crippen molar-refractivity contribution >= 4 is 21.9 Å². The van der Waals surface area contributed by atoms with Gasteiger partial charge in [-0.05, 0) is 38.0 Å². The third kappa shape index (κ3) is 5.99. The monoisotopic (exact) mass is 386 g/mol. The molecule has 8 nitrogen and oxygen atoms in total. The molecule has 0 saturated heterocycles. The van der Waals surface area contributed by atoms with E-state index in [0.717, 1.165) is 0 Å². The van der Waals surface area contributed by atoms with E-state index in [1.54, 1.807) is 13.8 Å². The summed E-state index contributed by atoms with van der Waals surface area (Å²) >= 11 is 0. The lowest BCUT2D eigenvalue weighted by molar-refractivity contribution is -0.137. The Morgan fingerprint density at radius 1 is 1.23 bits per heavy atom. The molecular weight excluding hydrogens is 360 g/mol. The second-order valence-electron chi connectivity index (χ2n) is 6.61. The first-order chi connectivity index (χ1) is 12.0. The third-order valence-corrected chi connectivity index (χ3v) is 4.97. The predicted octanol–water partition coefficient (Wildman–Crippen LogP) is 1.56. The Morgan fingerprint density at radius 3 is 2.31 bits per heavy atom. The van der Waals surface area contributed by atoms with Gasteiger partial charge in [-0.1, -0.05) is 13.8 Å². The molecule has 0 saturated carbocycles. The van der Waals surface area contributed by atoms with Gasteiger partial charge in [-0.25, -0.2) is 13.1 Å². The van der Waals surface area contributed by atoms with Crippen LogP contribution in [0.1, 0.15) is 38.1 Å². The zero-order valence-electron chi connectivity index (χ0n) is 15.6. The van der Waals surface area contributed by atoms with Gasteiger partial charge >= 0.3 is 5.97 Å². The summed E-state index contributed by atoms with van der Waals surface area (Å²) < 4.78 is 32.6. The first kappa shape index (κ1) is 21.9. The fraction of sp³-hybridized carbons (Fsp3) is 0.529. The standard InChI is InChI=1S/C17H26N2O6S/c1-11(2)9-19(10-16(20)21)17(22)13-6-7-14(25-5)15(8-13)26(23,24)18-12(3)4/h6-8,11-12,18H,9-10H2,1-5H3,(H,20,21). The van der Waals surface area contributed by atoms with Crippen molar-refractivity contribution in [2.24, 2.45) is 5.92 Å². The Balaban J connectivity index is 3.34. The fourth-order valence-corrected chi connectivity index (χ4v) is 3.85. The van der Waals surface area contributed by atoms with E-state index in [1.165, 1.54) is 30.2 Å². The van der Waals surface area contributed by atoms with E-state index in [1.807, 2.05) is 13.8 Å². The van der Waals surface area contributed by atoms with E-state index in [-0.39, 0.29) is 34.7 Å². The van der Waals surface area contributed by atoms with Gasteiger partial charge in [0, 0.05) is 18.2 Å². The van der Waals surface area contributed by atoms with Crippen molar-refractivity contribution in [3.05, 3.63) is 23.8 Å². The predicted molar refractivity (Wildman–Crippen MR) is 96.8 cm³/mol. The topological polar surface area (TPSA) is 113 Å². The number of amides is 1. The number of carboxylic acid groups (broad SMARTS) is 1. The summed E-state index contributed by atoms with van der Waals surface area (Å²) in [6.45, 7) is 6.85. The average Bonchev–Trinajstić information content (AvgIpc) is 2.50. The quantitative estimate of drug-likeness (QED) is 0.666. The maximum absolute atomic E-state index is 12.7. The Kier molecular flexibility index (Phi) is 7.58. The summed E-state index contributed by atoms with van der Waals surface area (Å²) in [4.78, 5) is 24.8. The number of nitrogens with one attached hydrogen (secondary N) is 1. The summed E-state index contributed by atoms with van der Waals surface area (Å²) in [6, 6.07) is 3.68. The number of nitrogens with zero attached hydrogens (tertiary/aromatic N) is 1. The molecule has 1 aromatic carbocycles. The number of ether oxygens (including phenoxy) is 1. The number of methoxy groups -OCH3 is 1. The van der Waals surface area contributed by atoms with Gasteiger partial charge in [0.25, 0.3) is 5.91 Å². The molecule has 26 heavy (non-hydrogen) atoms. The maximum atomic E-state index is 12.7. The van der Waals surface area contributed by atoms with Crippen molar-refractivity contribution in [1.29, 1.82) is 0 Å². The molecular formula is C17H26N2O6S. The van der Waals surface area contributed by atoms with Crippen LogP contribution in [0.25, 0.3) is 0 Å². The van der Waals surface area contributed by atoms with Crippen LogP contribution in [-0.2, 0) is 14.8 Å². The number of hydrogen-bond acceptors (Lipinski definition) is 5. The molecule has 0 aliphatic carbocycles. The van der Waals surface area contributed by atoms with Gasteiger partial charge in [-0.15, -0.1) is 0 Å². The number of benzene rings is 1. The molecule has 0 unspecified atom stereocenters. The summed E-state index contributed by atoms with van der Waals surface area (Å²) in [5.41, 5.74) is 0.0804. The number of hydrogen-bond donors (Lipinski definition) is 2. The van der Waals surface area contributed by atoms with Crippen LogP contribution in [0.15, 0.2) is 23.1 Å². The van der Waals surface area contributed by atoms with Crippen LogP contribution < -0.4 is 9.46 Å². The van der Waals surface area contributed by atoms with Crippen LogP contribution in [0.3, 0.4) is 0 Å². The van der Waals surface area contributed by atoms with Gasteiger partial charge < -0.3 is 14.7 Å². The fourth-order valence-electron chi connectivity index (χ4n) is 2.40. The van der Waals surface area contributed by atoms with Crippen LogP contribution in [0.2, 0.25) is 0 Å². The highest BCUT2D eigenvalue weighted by atomic mass is 32.2. The lowest BCUT2D eigenvalue weighted by atomic mass is 10.1. The van der Waals surface area contributed by atoms with E-state index in [9.17, 15) is 18.0 Å². The van der Waals surface area contributed by atoms with Gasteiger partial charge in [0.15, 0.2) is 0 Å². The molecule has 146 valence electrons. The van der Waals surface area contributed by atoms with E-state index in [0.29, 0.717) is 0 Å². The second kappa shape index (κ2) is 9.00. The lowest BCUT2D eigenvalue weighted by Crippen LogP contribution is -2.38. The first-order valence-corrected chi connectivity index (χ1v) is 9.67. The number of rotatable bonds is 9. The highest BCUT2D eigenvalue weighted by molar-refractivity contribution is 7.89. The van der Waals surface area contributed by atoms with Gasteiger partial charge in [0.2, 0.25) is 10.0 Å². The van der Waals surface area contributed by atoms with Crippen molar-refractivity contribution in [3.63, 3.8) is 0 Å². The van der Waals surface area contributed by atoms with Gasteiger partial charge in [0.1, 0.15) is 17.2 Å². The summed E-state index contributed by atoms with van der Waals surface area (Å²) in [5.74, 6) is -1.53. The van der Waals surface area contributed by atoms with Crippen molar-refractivity contribution in [3.8, 4) is 5.75 Å². The Morgan fingerprint density at radius 2 is 1.85 bits per heavy atom.